The second kappa shape index (κ2) is 5.26. The Labute approximate surface area is 94.5 Å². The van der Waals surface area contributed by atoms with Crippen LogP contribution in [0.25, 0.3) is 0 Å². The fourth-order valence-corrected chi connectivity index (χ4v) is 2.45. The summed E-state index contributed by atoms with van der Waals surface area (Å²) < 4.78 is 4.96. The van der Waals surface area contributed by atoms with Crippen LogP contribution in [0.5, 0.6) is 0 Å². The molecule has 0 fully saturated rings. The molecule has 0 saturated carbocycles. The molecule has 0 atom stereocenters. The van der Waals surface area contributed by atoms with Gasteiger partial charge >= 0.3 is 5.97 Å². The number of hydrogen-bond donors (Lipinski definition) is 0. The van der Waals surface area contributed by atoms with Crippen LogP contribution in [0.3, 0.4) is 0 Å². The first-order valence-corrected chi connectivity index (χ1v) is 5.99. The van der Waals surface area contributed by atoms with Gasteiger partial charge in [0.05, 0.1) is 17.3 Å². The van der Waals surface area contributed by atoms with Crippen LogP contribution in [0.2, 0.25) is 0 Å². The first-order valence-electron chi connectivity index (χ1n) is 5.18. The molecule has 0 radical (unpaired) electrons. The van der Waals surface area contributed by atoms with Crippen molar-refractivity contribution < 1.29 is 9.53 Å². The standard InChI is InChI=1S/C11H17NO2S/c1-5-14-11(13)10-8(4)12-9(15-10)6-7(2)3/h7H,5-6H2,1-4H3. The summed E-state index contributed by atoms with van der Waals surface area (Å²) in [7, 11) is 0. The highest BCUT2D eigenvalue weighted by atomic mass is 32.1. The Bertz CT molecular complexity index is 344. The smallest absolute Gasteiger partial charge is 0.350 e. The summed E-state index contributed by atoms with van der Waals surface area (Å²) in [5, 5.41) is 1.02. The lowest BCUT2D eigenvalue weighted by molar-refractivity contribution is 0.0531. The van der Waals surface area contributed by atoms with Gasteiger partial charge in [0.2, 0.25) is 0 Å². The number of hydrogen-bond acceptors (Lipinski definition) is 4. The second-order valence-corrected chi connectivity index (χ2v) is 4.92. The molecule has 1 aromatic rings. The van der Waals surface area contributed by atoms with Gasteiger partial charge in [0.1, 0.15) is 4.88 Å². The van der Waals surface area contributed by atoms with E-state index in [9.17, 15) is 4.79 Å². The topological polar surface area (TPSA) is 39.2 Å². The molecule has 84 valence electrons. The van der Waals surface area contributed by atoms with E-state index in [1.165, 1.54) is 11.3 Å². The van der Waals surface area contributed by atoms with Gasteiger partial charge in [-0.05, 0) is 19.8 Å². The summed E-state index contributed by atoms with van der Waals surface area (Å²) in [6.45, 7) is 8.35. The number of esters is 1. The third-order valence-electron chi connectivity index (χ3n) is 1.88. The molecule has 1 aromatic heterocycles. The van der Waals surface area contributed by atoms with Crippen LogP contribution in [-0.2, 0) is 11.2 Å². The molecule has 3 nitrogen and oxygen atoms in total. The third-order valence-corrected chi connectivity index (χ3v) is 3.04. The number of rotatable bonds is 4. The first-order chi connectivity index (χ1) is 7.04. The van der Waals surface area contributed by atoms with E-state index in [1.54, 1.807) is 0 Å². The SMILES string of the molecule is CCOC(=O)c1sc(CC(C)C)nc1C. The van der Waals surface area contributed by atoms with Gasteiger partial charge in [0.15, 0.2) is 0 Å². The fourth-order valence-electron chi connectivity index (χ4n) is 1.27. The average molecular weight is 227 g/mol. The van der Waals surface area contributed by atoms with Crippen LogP contribution in [0.15, 0.2) is 0 Å². The van der Waals surface area contributed by atoms with Gasteiger partial charge in [0, 0.05) is 6.42 Å². The van der Waals surface area contributed by atoms with E-state index in [-0.39, 0.29) is 5.97 Å². The maximum Gasteiger partial charge on any atom is 0.350 e. The van der Waals surface area contributed by atoms with Gasteiger partial charge < -0.3 is 4.74 Å². The molecule has 0 aromatic carbocycles. The lowest BCUT2D eigenvalue weighted by atomic mass is 10.1. The minimum absolute atomic E-state index is 0.248. The Morgan fingerprint density at radius 2 is 2.20 bits per heavy atom. The van der Waals surface area contributed by atoms with Crippen molar-refractivity contribution >= 4 is 17.3 Å². The van der Waals surface area contributed by atoms with E-state index in [0.29, 0.717) is 17.4 Å². The van der Waals surface area contributed by atoms with Crippen molar-refractivity contribution in [2.45, 2.75) is 34.1 Å². The van der Waals surface area contributed by atoms with Gasteiger partial charge in [-0.2, -0.15) is 0 Å². The van der Waals surface area contributed by atoms with E-state index in [0.717, 1.165) is 17.1 Å². The number of nitrogens with zero attached hydrogens (tertiary/aromatic N) is 1. The third kappa shape index (κ3) is 3.30. The maximum absolute atomic E-state index is 11.5. The molecular weight excluding hydrogens is 210 g/mol. The van der Waals surface area contributed by atoms with Gasteiger partial charge in [-0.3, -0.25) is 0 Å². The van der Waals surface area contributed by atoms with E-state index in [1.807, 2.05) is 13.8 Å². The van der Waals surface area contributed by atoms with E-state index >= 15 is 0 Å². The molecule has 0 aliphatic heterocycles. The van der Waals surface area contributed by atoms with Crippen molar-refractivity contribution in [3.05, 3.63) is 15.6 Å². The fraction of sp³-hybridized carbons (Fsp3) is 0.636. The number of ether oxygens (including phenoxy) is 1. The number of carbonyl (C=O) groups excluding carboxylic acids is 1. The molecule has 0 N–H and O–H groups in total. The molecule has 0 aliphatic carbocycles. The van der Waals surface area contributed by atoms with Crippen LogP contribution < -0.4 is 0 Å². The second-order valence-electron chi connectivity index (χ2n) is 3.84. The van der Waals surface area contributed by atoms with Crippen molar-refractivity contribution in [2.75, 3.05) is 6.61 Å². The summed E-state index contributed by atoms with van der Waals surface area (Å²) >= 11 is 1.45. The zero-order valence-electron chi connectivity index (χ0n) is 9.66. The molecule has 0 unspecified atom stereocenters. The van der Waals surface area contributed by atoms with Crippen molar-refractivity contribution in [1.29, 1.82) is 0 Å². The number of aryl methyl sites for hydroxylation is 1. The minimum atomic E-state index is -0.248. The van der Waals surface area contributed by atoms with E-state index in [4.69, 9.17) is 4.74 Å². The summed E-state index contributed by atoms with van der Waals surface area (Å²) in [4.78, 5) is 16.5. The zero-order chi connectivity index (χ0) is 11.4. The van der Waals surface area contributed by atoms with Crippen molar-refractivity contribution in [2.24, 2.45) is 5.92 Å². The predicted molar refractivity (Wildman–Crippen MR) is 61.3 cm³/mol. The molecule has 0 bridgehead atoms. The molecule has 4 heteroatoms. The molecule has 0 aliphatic rings. The Kier molecular flexibility index (Phi) is 4.27. The van der Waals surface area contributed by atoms with E-state index < -0.39 is 0 Å². The lowest BCUT2D eigenvalue weighted by Gasteiger charge is -1.98. The summed E-state index contributed by atoms with van der Waals surface area (Å²) in [5.74, 6) is 0.313. The summed E-state index contributed by atoms with van der Waals surface area (Å²) in [5.41, 5.74) is 0.786. The number of thiazole rings is 1. The Morgan fingerprint density at radius 3 is 2.73 bits per heavy atom. The van der Waals surface area contributed by atoms with Crippen LogP contribution >= 0.6 is 11.3 Å². The van der Waals surface area contributed by atoms with Gasteiger partial charge in [-0.15, -0.1) is 11.3 Å². The largest absolute Gasteiger partial charge is 0.462 e. The highest BCUT2D eigenvalue weighted by molar-refractivity contribution is 7.13. The normalized spacial score (nSPS) is 10.7. The van der Waals surface area contributed by atoms with Crippen LogP contribution in [0, 0.1) is 12.8 Å². The quantitative estimate of drug-likeness (QED) is 0.742. The highest BCUT2D eigenvalue weighted by Crippen LogP contribution is 2.21. The average Bonchev–Trinajstić information content (AvgIpc) is 2.46. The van der Waals surface area contributed by atoms with Crippen molar-refractivity contribution in [3.63, 3.8) is 0 Å². The molecule has 0 saturated heterocycles. The monoisotopic (exact) mass is 227 g/mol. The van der Waals surface area contributed by atoms with E-state index in [2.05, 4.69) is 18.8 Å². The zero-order valence-corrected chi connectivity index (χ0v) is 10.5. The number of carbonyl (C=O) groups is 1. The minimum Gasteiger partial charge on any atom is -0.462 e. The molecule has 1 rings (SSSR count). The Balaban J connectivity index is 2.81. The Morgan fingerprint density at radius 1 is 1.53 bits per heavy atom. The predicted octanol–water partition coefficient (Wildman–Crippen LogP) is 2.83. The lowest BCUT2D eigenvalue weighted by Crippen LogP contribution is -2.03. The Hall–Kier alpha value is -0.900. The van der Waals surface area contributed by atoms with Crippen LogP contribution in [-0.4, -0.2) is 17.6 Å². The summed E-state index contributed by atoms with van der Waals surface area (Å²) in [6, 6.07) is 0. The molecule has 0 spiro atoms. The van der Waals surface area contributed by atoms with Crippen LogP contribution in [0.4, 0.5) is 0 Å². The van der Waals surface area contributed by atoms with Gasteiger partial charge in [0.25, 0.3) is 0 Å². The molecule has 1 heterocycles. The van der Waals surface area contributed by atoms with Crippen molar-refractivity contribution in [1.82, 2.24) is 4.98 Å². The van der Waals surface area contributed by atoms with Crippen LogP contribution in [0.1, 0.15) is 41.1 Å². The van der Waals surface area contributed by atoms with Gasteiger partial charge in [-0.25, -0.2) is 9.78 Å². The first kappa shape index (κ1) is 12.2. The molecule has 0 amide bonds. The van der Waals surface area contributed by atoms with Gasteiger partial charge in [-0.1, -0.05) is 13.8 Å². The number of aromatic nitrogens is 1. The highest BCUT2D eigenvalue weighted by Gasteiger charge is 2.16. The van der Waals surface area contributed by atoms with Crippen molar-refractivity contribution in [3.8, 4) is 0 Å². The molecular formula is C11H17NO2S. The molecule has 15 heavy (non-hydrogen) atoms. The maximum atomic E-state index is 11.5. The summed E-state index contributed by atoms with van der Waals surface area (Å²) in [6.07, 6.45) is 0.922.